The Hall–Kier alpha value is -1.53. The van der Waals surface area contributed by atoms with Crippen molar-refractivity contribution < 1.29 is 9.59 Å². The number of rotatable bonds is 3. The Morgan fingerprint density at radius 2 is 2.05 bits per heavy atom. The Morgan fingerprint density at radius 3 is 2.75 bits per heavy atom. The lowest BCUT2D eigenvalue weighted by atomic mass is 10.1. The molecule has 20 heavy (non-hydrogen) atoms. The van der Waals surface area contributed by atoms with Crippen molar-refractivity contribution >= 4 is 24.4 Å². The van der Waals surface area contributed by atoms with E-state index in [1.54, 1.807) is 11.0 Å². The van der Waals surface area contributed by atoms with Gasteiger partial charge in [-0.1, -0.05) is 6.07 Å². The van der Waals surface area contributed by atoms with E-state index in [0.29, 0.717) is 18.7 Å². The molecule has 0 aromatic heterocycles. The molecule has 0 atom stereocenters. The van der Waals surface area contributed by atoms with Gasteiger partial charge in [0, 0.05) is 36.6 Å². The number of benzene rings is 1. The maximum atomic E-state index is 12.1. The second-order valence-electron chi connectivity index (χ2n) is 4.81. The molecular formula is C14H19N3O2S. The van der Waals surface area contributed by atoms with Crippen molar-refractivity contribution in [3.05, 3.63) is 29.3 Å². The molecule has 1 saturated heterocycles. The lowest BCUT2D eigenvalue weighted by Gasteiger charge is -2.27. The zero-order valence-electron chi connectivity index (χ0n) is 11.5. The highest BCUT2D eigenvalue weighted by Gasteiger charge is 2.17. The minimum atomic E-state index is -0.234. The van der Waals surface area contributed by atoms with Crippen molar-refractivity contribution in [3.8, 4) is 0 Å². The van der Waals surface area contributed by atoms with Crippen LogP contribution in [0.5, 0.6) is 0 Å². The van der Waals surface area contributed by atoms with Crippen LogP contribution in [0, 0.1) is 6.92 Å². The number of hydrogen-bond donors (Lipinski definition) is 3. The highest BCUT2D eigenvalue weighted by Crippen LogP contribution is 2.13. The Labute approximate surface area is 124 Å². The third-order valence-corrected chi connectivity index (χ3v) is 3.61. The van der Waals surface area contributed by atoms with Crippen LogP contribution in [0.1, 0.15) is 15.9 Å². The maximum Gasteiger partial charge on any atom is 0.252 e. The standard InChI is InChI=1S/C14H19N3O2S/c1-10-2-3-11(20)8-12(10)14(19)16-9-13(18)17-6-4-15-5-7-17/h2-3,8,15,20H,4-7,9H2,1H3,(H,16,19). The maximum absolute atomic E-state index is 12.1. The van der Waals surface area contributed by atoms with Crippen LogP contribution >= 0.6 is 12.6 Å². The zero-order chi connectivity index (χ0) is 14.5. The number of thiol groups is 1. The zero-order valence-corrected chi connectivity index (χ0v) is 12.4. The molecule has 1 fully saturated rings. The molecule has 0 aliphatic carbocycles. The first kappa shape index (κ1) is 14.9. The van der Waals surface area contributed by atoms with Gasteiger partial charge in [-0.15, -0.1) is 12.6 Å². The number of carbonyl (C=O) groups is 2. The first-order chi connectivity index (χ1) is 9.58. The third-order valence-electron chi connectivity index (χ3n) is 3.34. The van der Waals surface area contributed by atoms with Crippen LogP contribution in [0.25, 0.3) is 0 Å². The molecule has 6 heteroatoms. The third kappa shape index (κ3) is 3.74. The molecule has 1 aromatic carbocycles. The van der Waals surface area contributed by atoms with Crippen LogP contribution < -0.4 is 10.6 Å². The Bertz CT molecular complexity index is 513. The molecule has 0 saturated carbocycles. The molecule has 1 aliphatic heterocycles. The number of carbonyl (C=O) groups excluding carboxylic acids is 2. The Kier molecular flexibility index (Phi) is 5.03. The number of aryl methyl sites for hydroxylation is 1. The molecule has 2 amide bonds. The van der Waals surface area contributed by atoms with Gasteiger partial charge in [-0.3, -0.25) is 9.59 Å². The van der Waals surface area contributed by atoms with Gasteiger partial charge < -0.3 is 15.5 Å². The first-order valence-electron chi connectivity index (χ1n) is 6.64. The predicted molar refractivity (Wildman–Crippen MR) is 80.2 cm³/mol. The van der Waals surface area contributed by atoms with Crippen molar-refractivity contribution in [2.45, 2.75) is 11.8 Å². The van der Waals surface area contributed by atoms with E-state index < -0.39 is 0 Å². The van der Waals surface area contributed by atoms with Gasteiger partial charge in [0.05, 0.1) is 6.54 Å². The second-order valence-corrected chi connectivity index (χ2v) is 5.33. The van der Waals surface area contributed by atoms with Crippen LogP contribution in [0.2, 0.25) is 0 Å². The monoisotopic (exact) mass is 293 g/mol. The van der Waals surface area contributed by atoms with Gasteiger partial charge in [-0.2, -0.15) is 0 Å². The first-order valence-corrected chi connectivity index (χ1v) is 7.09. The predicted octanol–water partition coefficient (Wildman–Crippen LogP) is 0.445. The van der Waals surface area contributed by atoms with E-state index in [4.69, 9.17) is 0 Å². The van der Waals surface area contributed by atoms with Gasteiger partial charge in [0.25, 0.3) is 5.91 Å². The normalized spacial score (nSPS) is 15.0. The van der Waals surface area contributed by atoms with Crippen molar-refractivity contribution in [2.75, 3.05) is 32.7 Å². The summed E-state index contributed by atoms with van der Waals surface area (Å²) in [5.74, 6) is -0.276. The second kappa shape index (κ2) is 6.76. The summed E-state index contributed by atoms with van der Waals surface area (Å²) >= 11 is 4.23. The molecule has 2 N–H and O–H groups in total. The van der Waals surface area contributed by atoms with Crippen LogP contribution in [0.15, 0.2) is 23.1 Å². The lowest BCUT2D eigenvalue weighted by molar-refractivity contribution is -0.130. The van der Waals surface area contributed by atoms with Gasteiger partial charge in [0.1, 0.15) is 0 Å². The van der Waals surface area contributed by atoms with E-state index in [9.17, 15) is 9.59 Å². The molecule has 1 aliphatic rings. The summed E-state index contributed by atoms with van der Waals surface area (Å²) in [6, 6.07) is 5.39. The lowest BCUT2D eigenvalue weighted by Crippen LogP contribution is -2.49. The summed E-state index contributed by atoms with van der Waals surface area (Å²) in [4.78, 5) is 26.5. The minimum absolute atomic E-state index is 0.0368. The molecule has 1 aromatic rings. The summed E-state index contributed by atoms with van der Waals surface area (Å²) in [5.41, 5.74) is 1.43. The fourth-order valence-corrected chi connectivity index (χ4v) is 2.34. The summed E-state index contributed by atoms with van der Waals surface area (Å²) in [7, 11) is 0. The van der Waals surface area contributed by atoms with Crippen LogP contribution in [-0.2, 0) is 4.79 Å². The molecule has 108 valence electrons. The molecule has 0 radical (unpaired) electrons. The highest BCUT2D eigenvalue weighted by atomic mass is 32.1. The average Bonchev–Trinajstić information content (AvgIpc) is 2.47. The number of nitrogens with zero attached hydrogens (tertiary/aromatic N) is 1. The molecule has 0 unspecified atom stereocenters. The van der Waals surface area contributed by atoms with Crippen molar-refractivity contribution in [2.24, 2.45) is 0 Å². The van der Waals surface area contributed by atoms with E-state index in [0.717, 1.165) is 23.5 Å². The average molecular weight is 293 g/mol. The van der Waals surface area contributed by atoms with E-state index in [2.05, 4.69) is 23.3 Å². The molecule has 1 heterocycles. The van der Waals surface area contributed by atoms with Gasteiger partial charge in [-0.05, 0) is 24.6 Å². The topological polar surface area (TPSA) is 61.4 Å². The number of nitrogens with one attached hydrogen (secondary N) is 2. The van der Waals surface area contributed by atoms with Gasteiger partial charge in [0.2, 0.25) is 5.91 Å². The fraction of sp³-hybridized carbons (Fsp3) is 0.429. The molecule has 5 nitrogen and oxygen atoms in total. The van der Waals surface area contributed by atoms with E-state index in [-0.39, 0.29) is 18.4 Å². The van der Waals surface area contributed by atoms with Gasteiger partial charge in [-0.25, -0.2) is 0 Å². The van der Waals surface area contributed by atoms with E-state index in [1.165, 1.54) is 0 Å². The highest BCUT2D eigenvalue weighted by molar-refractivity contribution is 7.80. The van der Waals surface area contributed by atoms with Crippen molar-refractivity contribution in [1.82, 2.24) is 15.5 Å². The van der Waals surface area contributed by atoms with Crippen molar-refractivity contribution in [1.29, 1.82) is 0 Å². The van der Waals surface area contributed by atoms with Crippen molar-refractivity contribution in [3.63, 3.8) is 0 Å². The molecule has 0 spiro atoms. The number of amides is 2. The van der Waals surface area contributed by atoms with E-state index in [1.807, 2.05) is 19.1 Å². The fourth-order valence-electron chi connectivity index (χ4n) is 2.13. The Balaban J connectivity index is 1.91. The smallest absolute Gasteiger partial charge is 0.252 e. The van der Waals surface area contributed by atoms with Crippen LogP contribution in [0.4, 0.5) is 0 Å². The summed E-state index contributed by atoms with van der Waals surface area (Å²) in [6.07, 6.45) is 0. The summed E-state index contributed by atoms with van der Waals surface area (Å²) < 4.78 is 0. The van der Waals surface area contributed by atoms with Gasteiger partial charge in [0.15, 0.2) is 0 Å². The molecule has 0 bridgehead atoms. The number of hydrogen-bond acceptors (Lipinski definition) is 4. The summed E-state index contributed by atoms with van der Waals surface area (Å²) in [6.45, 7) is 4.90. The molecular weight excluding hydrogens is 274 g/mol. The SMILES string of the molecule is Cc1ccc(S)cc1C(=O)NCC(=O)N1CCNCC1. The quantitative estimate of drug-likeness (QED) is 0.709. The Morgan fingerprint density at radius 1 is 1.35 bits per heavy atom. The van der Waals surface area contributed by atoms with Gasteiger partial charge >= 0.3 is 0 Å². The van der Waals surface area contributed by atoms with Crippen LogP contribution in [0.3, 0.4) is 0 Å². The molecule has 2 rings (SSSR count). The minimum Gasteiger partial charge on any atom is -0.343 e. The largest absolute Gasteiger partial charge is 0.343 e. The number of piperazine rings is 1. The van der Waals surface area contributed by atoms with E-state index >= 15 is 0 Å². The van der Waals surface area contributed by atoms with Crippen LogP contribution in [-0.4, -0.2) is 49.4 Å². The summed E-state index contributed by atoms with van der Waals surface area (Å²) in [5, 5.41) is 5.86.